The lowest BCUT2D eigenvalue weighted by molar-refractivity contribution is -0.118. The van der Waals surface area contributed by atoms with E-state index in [1.165, 1.54) is 0 Å². The number of nitrogens with zero attached hydrogens (tertiary/aromatic N) is 3. The first kappa shape index (κ1) is 25.9. The molecule has 0 saturated heterocycles. The van der Waals surface area contributed by atoms with Crippen molar-refractivity contribution in [2.75, 3.05) is 18.2 Å². The minimum absolute atomic E-state index is 0.119. The molecule has 7 nitrogen and oxygen atoms in total. The molecule has 1 aliphatic carbocycles. The fraction of sp³-hybridized carbons (Fsp3) is 0.370. The van der Waals surface area contributed by atoms with Gasteiger partial charge >= 0.3 is 0 Å². The first-order chi connectivity index (χ1) is 17.7. The van der Waals surface area contributed by atoms with Gasteiger partial charge in [0.2, 0.25) is 11.1 Å². The van der Waals surface area contributed by atoms with Gasteiger partial charge in [-0.25, -0.2) is 4.68 Å². The molecule has 5 rings (SSSR count). The van der Waals surface area contributed by atoms with Crippen LogP contribution < -0.4 is 14.8 Å². The van der Waals surface area contributed by atoms with E-state index in [1.54, 1.807) is 31.0 Å². The maximum atomic E-state index is 13.5. The predicted octanol–water partition coefficient (Wildman–Crippen LogP) is 6.94. The standard InChI is InChI=1S/C27H28Cl2N4O3S/c1-5-37-26-31-25-30-19-12-27(2,3)13-20(34)23(19)24(33(25)32-26)16-7-9-21(22(11-16)35-4)36-14-15-6-8-17(28)18(29)10-15/h6-11,24H,5,12-14H2,1-4H3,(H,30,31,32). The van der Waals surface area contributed by atoms with Crippen LogP contribution in [0.2, 0.25) is 10.0 Å². The van der Waals surface area contributed by atoms with Gasteiger partial charge in [0.25, 0.3) is 0 Å². The summed E-state index contributed by atoms with van der Waals surface area (Å²) in [6.45, 7) is 6.60. The Morgan fingerprint density at radius 2 is 1.95 bits per heavy atom. The number of rotatable bonds is 7. The normalized spacial score (nSPS) is 18.2. The van der Waals surface area contributed by atoms with Crippen LogP contribution in [0.5, 0.6) is 11.5 Å². The van der Waals surface area contributed by atoms with Crippen molar-refractivity contribution in [3.05, 3.63) is 68.8 Å². The second kappa shape index (κ2) is 10.2. The molecule has 37 heavy (non-hydrogen) atoms. The Morgan fingerprint density at radius 3 is 2.68 bits per heavy atom. The number of Topliss-reactive ketones (excluding diaryl/α,β-unsaturated/α-hetero) is 1. The summed E-state index contributed by atoms with van der Waals surface area (Å²) < 4.78 is 13.6. The molecule has 194 valence electrons. The number of ether oxygens (including phenoxy) is 2. The first-order valence-corrected chi connectivity index (χ1v) is 13.8. The average molecular weight is 560 g/mol. The number of aromatic nitrogens is 3. The van der Waals surface area contributed by atoms with Crippen LogP contribution in [0.3, 0.4) is 0 Å². The molecule has 2 aromatic carbocycles. The number of anilines is 1. The third-order valence-corrected chi connectivity index (χ3v) is 7.93. The van der Waals surface area contributed by atoms with Crippen molar-refractivity contribution >= 4 is 46.7 Å². The van der Waals surface area contributed by atoms with E-state index in [9.17, 15) is 4.79 Å². The minimum atomic E-state index is -0.411. The Morgan fingerprint density at radius 1 is 1.14 bits per heavy atom. The Labute approximate surface area is 230 Å². The van der Waals surface area contributed by atoms with Gasteiger partial charge in [-0.3, -0.25) is 4.79 Å². The molecule has 1 N–H and O–H groups in total. The number of allylic oxidation sites excluding steroid dienone is 2. The number of hydrogen-bond donors (Lipinski definition) is 1. The predicted molar refractivity (Wildman–Crippen MR) is 147 cm³/mol. The van der Waals surface area contributed by atoms with Crippen molar-refractivity contribution in [1.82, 2.24) is 14.8 Å². The highest BCUT2D eigenvalue weighted by Crippen LogP contribution is 2.46. The van der Waals surface area contributed by atoms with Crippen molar-refractivity contribution in [3.8, 4) is 11.5 Å². The number of ketones is 1. The van der Waals surface area contributed by atoms with Crippen LogP contribution >= 0.6 is 35.0 Å². The summed E-state index contributed by atoms with van der Waals surface area (Å²) in [5, 5.41) is 9.81. The van der Waals surface area contributed by atoms with Gasteiger partial charge in [0, 0.05) is 17.7 Å². The molecule has 0 fully saturated rings. The molecule has 2 aliphatic rings. The molecule has 3 aromatic rings. The SMILES string of the molecule is CCSc1nc2n(n1)C(c1ccc(OCc3ccc(Cl)c(Cl)c3)c(OC)c1)C1=C(CC(C)(C)CC1=O)N2. The zero-order chi connectivity index (χ0) is 26.3. The number of halogens is 2. The Hall–Kier alpha value is -2.68. The summed E-state index contributed by atoms with van der Waals surface area (Å²) in [5.74, 6) is 2.76. The van der Waals surface area contributed by atoms with E-state index in [0.29, 0.717) is 45.7 Å². The zero-order valence-electron chi connectivity index (χ0n) is 21.1. The number of thioether (sulfide) groups is 1. The van der Waals surface area contributed by atoms with Gasteiger partial charge in [-0.15, -0.1) is 5.10 Å². The highest BCUT2D eigenvalue weighted by molar-refractivity contribution is 7.99. The third-order valence-electron chi connectivity index (χ3n) is 6.47. The van der Waals surface area contributed by atoms with Gasteiger partial charge in [-0.05, 0) is 53.0 Å². The van der Waals surface area contributed by atoms with Gasteiger partial charge in [0.15, 0.2) is 17.3 Å². The highest BCUT2D eigenvalue weighted by Gasteiger charge is 2.42. The van der Waals surface area contributed by atoms with Crippen LogP contribution in [0.4, 0.5) is 5.95 Å². The average Bonchev–Trinajstić information content (AvgIpc) is 3.24. The lowest BCUT2D eigenvalue weighted by Crippen LogP contribution is -2.36. The van der Waals surface area contributed by atoms with Gasteiger partial charge < -0.3 is 14.8 Å². The Bertz CT molecular complexity index is 1400. The summed E-state index contributed by atoms with van der Waals surface area (Å²) in [4.78, 5) is 18.2. The van der Waals surface area contributed by atoms with Crippen molar-refractivity contribution in [2.45, 2.75) is 51.4 Å². The summed E-state index contributed by atoms with van der Waals surface area (Å²) in [6.07, 6.45) is 1.24. The second-order valence-corrected chi connectivity index (χ2v) is 11.9. The van der Waals surface area contributed by atoms with Crippen molar-refractivity contribution < 1.29 is 14.3 Å². The van der Waals surface area contributed by atoms with E-state index in [2.05, 4.69) is 26.1 Å². The second-order valence-electron chi connectivity index (χ2n) is 9.90. The molecule has 1 unspecified atom stereocenters. The van der Waals surface area contributed by atoms with Crippen LogP contribution in [0.25, 0.3) is 0 Å². The third kappa shape index (κ3) is 5.19. The number of carbonyl (C=O) groups is 1. The summed E-state index contributed by atoms with van der Waals surface area (Å²) in [7, 11) is 1.60. The van der Waals surface area contributed by atoms with Crippen molar-refractivity contribution in [3.63, 3.8) is 0 Å². The van der Waals surface area contributed by atoms with Crippen LogP contribution in [0.1, 0.15) is 50.8 Å². The van der Waals surface area contributed by atoms with E-state index >= 15 is 0 Å². The maximum Gasteiger partial charge on any atom is 0.227 e. The summed E-state index contributed by atoms with van der Waals surface area (Å²) in [6, 6.07) is 10.7. The van der Waals surface area contributed by atoms with E-state index in [1.807, 2.05) is 28.9 Å². The molecular formula is C27H28Cl2N4O3S. The lowest BCUT2D eigenvalue weighted by Gasteiger charge is -2.38. The molecule has 0 bridgehead atoms. The molecule has 0 radical (unpaired) electrons. The summed E-state index contributed by atoms with van der Waals surface area (Å²) in [5.41, 5.74) is 3.28. The van der Waals surface area contributed by atoms with Crippen LogP contribution in [0.15, 0.2) is 52.8 Å². The Balaban J connectivity index is 1.52. The quantitative estimate of drug-likeness (QED) is 0.314. The van der Waals surface area contributed by atoms with Crippen molar-refractivity contribution in [1.29, 1.82) is 0 Å². The molecular weight excluding hydrogens is 531 g/mol. The Kier molecular flexibility index (Phi) is 7.18. The van der Waals surface area contributed by atoms with E-state index in [-0.39, 0.29) is 11.2 Å². The number of carbonyl (C=O) groups excluding carboxylic acids is 1. The van der Waals surface area contributed by atoms with Gasteiger partial charge in [-0.1, -0.05) is 67.9 Å². The van der Waals surface area contributed by atoms with Gasteiger partial charge in [-0.2, -0.15) is 4.98 Å². The molecule has 10 heteroatoms. The molecule has 1 atom stereocenters. The fourth-order valence-corrected chi connectivity index (χ4v) is 5.73. The van der Waals surface area contributed by atoms with Gasteiger partial charge in [0.05, 0.1) is 17.2 Å². The van der Waals surface area contributed by atoms with Crippen LogP contribution in [-0.4, -0.2) is 33.4 Å². The monoisotopic (exact) mass is 558 g/mol. The highest BCUT2D eigenvalue weighted by atomic mass is 35.5. The first-order valence-electron chi connectivity index (χ1n) is 12.1. The molecule has 1 aliphatic heterocycles. The minimum Gasteiger partial charge on any atom is -0.493 e. The van der Waals surface area contributed by atoms with Gasteiger partial charge in [0.1, 0.15) is 12.6 Å². The fourth-order valence-electron chi connectivity index (χ4n) is 4.85. The largest absolute Gasteiger partial charge is 0.493 e. The zero-order valence-corrected chi connectivity index (χ0v) is 23.4. The number of hydrogen-bond acceptors (Lipinski definition) is 7. The molecule has 1 aromatic heterocycles. The smallest absolute Gasteiger partial charge is 0.227 e. The van der Waals surface area contributed by atoms with E-state index in [0.717, 1.165) is 34.6 Å². The molecule has 2 heterocycles. The van der Waals surface area contributed by atoms with Crippen LogP contribution in [-0.2, 0) is 11.4 Å². The van der Waals surface area contributed by atoms with E-state index in [4.69, 9.17) is 42.8 Å². The van der Waals surface area contributed by atoms with Crippen molar-refractivity contribution in [2.24, 2.45) is 5.41 Å². The summed E-state index contributed by atoms with van der Waals surface area (Å²) >= 11 is 13.7. The van der Waals surface area contributed by atoms with E-state index < -0.39 is 6.04 Å². The lowest BCUT2D eigenvalue weighted by atomic mass is 9.73. The number of nitrogens with one attached hydrogen (secondary N) is 1. The topological polar surface area (TPSA) is 78.3 Å². The number of benzene rings is 2. The molecule has 0 spiro atoms. The number of fused-ring (bicyclic) bond motifs is 1. The van der Waals surface area contributed by atoms with Crippen LogP contribution in [0, 0.1) is 5.41 Å². The molecule has 0 amide bonds. The number of methoxy groups -OCH3 is 1. The maximum absolute atomic E-state index is 13.5. The molecule has 0 saturated carbocycles.